The van der Waals surface area contributed by atoms with E-state index in [0.717, 1.165) is 13.2 Å². The van der Waals surface area contributed by atoms with Crippen molar-refractivity contribution in [1.82, 2.24) is 0 Å². The Morgan fingerprint density at radius 3 is 1.24 bits per heavy atom. The summed E-state index contributed by atoms with van der Waals surface area (Å²) in [7, 11) is -1.52. The van der Waals surface area contributed by atoms with E-state index in [4.69, 9.17) is 10.2 Å². The van der Waals surface area contributed by atoms with E-state index in [1.807, 2.05) is 0 Å². The minimum Gasteiger partial charge on any atom is -0.417 e. The van der Waals surface area contributed by atoms with Gasteiger partial charge in [0.2, 0.25) is 0 Å². The number of hydrogen-bond donors (Lipinski definition) is 1. The first-order chi connectivity index (χ1) is 11.8. The third-order valence-corrected chi connectivity index (χ3v) is 10.4. The Kier molecular flexibility index (Phi) is 15.3. The monoisotopic (exact) mass is 371 g/mol. The van der Waals surface area contributed by atoms with Crippen molar-refractivity contribution in [3.05, 3.63) is 0 Å². The molecule has 2 N–H and O–H groups in total. The molecule has 0 fully saturated rings. The third-order valence-electron chi connectivity index (χ3n) is 5.87. The summed E-state index contributed by atoms with van der Waals surface area (Å²) in [5, 5.41) is 0.345. The van der Waals surface area contributed by atoms with Gasteiger partial charge in [-0.2, -0.15) is 0 Å². The Balaban J connectivity index is 3.22. The van der Waals surface area contributed by atoms with Gasteiger partial charge in [0, 0.05) is 6.61 Å². The summed E-state index contributed by atoms with van der Waals surface area (Å²) in [6.07, 6.45) is 19.4. The van der Waals surface area contributed by atoms with Crippen LogP contribution < -0.4 is 5.73 Å². The fourth-order valence-corrected chi connectivity index (χ4v) is 4.00. The van der Waals surface area contributed by atoms with Crippen LogP contribution in [0.15, 0.2) is 0 Å². The Bertz CT molecular complexity index is 286. The van der Waals surface area contributed by atoms with Crippen LogP contribution in [0, 0.1) is 0 Å². The van der Waals surface area contributed by atoms with Crippen molar-refractivity contribution in [3.63, 3.8) is 0 Å². The van der Waals surface area contributed by atoms with E-state index in [1.54, 1.807) is 0 Å². The molecule has 25 heavy (non-hydrogen) atoms. The maximum Gasteiger partial charge on any atom is 0.191 e. The van der Waals surface area contributed by atoms with Crippen molar-refractivity contribution in [2.75, 3.05) is 13.2 Å². The molecule has 0 heterocycles. The van der Waals surface area contributed by atoms with Crippen molar-refractivity contribution in [3.8, 4) is 0 Å². The van der Waals surface area contributed by atoms with Gasteiger partial charge in [0.25, 0.3) is 0 Å². The molecule has 0 aromatic heterocycles. The molecule has 0 spiro atoms. The van der Waals surface area contributed by atoms with E-state index in [9.17, 15) is 0 Å². The minimum absolute atomic E-state index is 0.345. The van der Waals surface area contributed by atoms with E-state index < -0.39 is 8.32 Å². The van der Waals surface area contributed by atoms with E-state index >= 15 is 0 Å². The molecule has 0 aliphatic rings. The number of unbranched alkanes of at least 4 members (excludes halogenated alkanes) is 13. The van der Waals surface area contributed by atoms with Gasteiger partial charge in [-0.3, -0.25) is 0 Å². The van der Waals surface area contributed by atoms with E-state index in [2.05, 4.69) is 33.9 Å². The lowest BCUT2D eigenvalue weighted by Gasteiger charge is -2.36. The molecule has 0 amide bonds. The van der Waals surface area contributed by atoms with E-state index in [0.29, 0.717) is 5.04 Å². The van der Waals surface area contributed by atoms with Crippen molar-refractivity contribution in [2.24, 2.45) is 5.73 Å². The molecule has 0 atom stereocenters. The smallest absolute Gasteiger partial charge is 0.191 e. The molecule has 0 aliphatic carbocycles. The number of nitrogens with two attached hydrogens (primary N) is 1. The molecule has 0 rings (SSSR count). The number of rotatable bonds is 17. The molecule has 2 nitrogen and oxygen atoms in total. The van der Waals surface area contributed by atoms with Gasteiger partial charge in [0.05, 0.1) is 0 Å². The van der Waals surface area contributed by atoms with Gasteiger partial charge in [0.15, 0.2) is 8.32 Å². The summed E-state index contributed by atoms with van der Waals surface area (Å²) in [5.74, 6) is 0. The van der Waals surface area contributed by atoms with Crippen molar-refractivity contribution in [2.45, 2.75) is 129 Å². The minimum atomic E-state index is -1.52. The summed E-state index contributed by atoms with van der Waals surface area (Å²) in [5.41, 5.74) is 5.51. The average Bonchev–Trinajstić information content (AvgIpc) is 2.53. The molecule has 3 heteroatoms. The van der Waals surface area contributed by atoms with Crippen molar-refractivity contribution < 1.29 is 4.43 Å². The molecule has 0 saturated carbocycles. The Morgan fingerprint density at radius 1 is 0.600 bits per heavy atom. The summed E-state index contributed by atoms with van der Waals surface area (Å²) in [4.78, 5) is 0. The second-order valence-electron chi connectivity index (χ2n) is 9.35. The molecule has 152 valence electrons. The Morgan fingerprint density at radius 2 is 0.920 bits per heavy atom. The standard InChI is InChI=1S/C22H49NOSi/c1-22(2,3)25(4,5)24-21-19-17-15-13-11-9-7-6-8-10-12-14-16-18-20-23/h6-21,23H2,1-5H3. The first-order valence-electron chi connectivity index (χ1n) is 11.2. The Hall–Kier alpha value is 0.137. The largest absolute Gasteiger partial charge is 0.417 e. The predicted molar refractivity (Wildman–Crippen MR) is 117 cm³/mol. The number of hydrogen-bond acceptors (Lipinski definition) is 2. The molecular formula is C22H49NOSi. The highest BCUT2D eigenvalue weighted by Gasteiger charge is 2.36. The Labute approximate surface area is 160 Å². The van der Waals surface area contributed by atoms with E-state index in [-0.39, 0.29) is 0 Å². The zero-order chi connectivity index (χ0) is 19.0. The third kappa shape index (κ3) is 14.9. The van der Waals surface area contributed by atoms with Crippen LogP contribution >= 0.6 is 0 Å². The molecule has 0 radical (unpaired) electrons. The van der Waals surface area contributed by atoms with Crippen LogP contribution in [0.3, 0.4) is 0 Å². The summed E-state index contributed by atoms with van der Waals surface area (Å²) >= 11 is 0. The lowest BCUT2D eigenvalue weighted by molar-refractivity contribution is 0.277. The molecule has 0 saturated heterocycles. The van der Waals surface area contributed by atoms with Gasteiger partial charge in [-0.25, -0.2) is 0 Å². The topological polar surface area (TPSA) is 35.2 Å². The fraction of sp³-hybridized carbons (Fsp3) is 1.00. The highest BCUT2D eigenvalue weighted by molar-refractivity contribution is 6.74. The first-order valence-corrected chi connectivity index (χ1v) is 14.1. The maximum absolute atomic E-state index is 6.24. The molecule has 0 aliphatic heterocycles. The van der Waals surface area contributed by atoms with Crippen molar-refractivity contribution in [1.29, 1.82) is 0 Å². The quantitative estimate of drug-likeness (QED) is 0.213. The lowest BCUT2D eigenvalue weighted by atomic mass is 10.0. The lowest BCUT2D eigenvalue weighted by Crippen LogP contribution is -2.40. The molecular weight excluding hydrogens is 322 g/mol. The SMILES string of the molecule is CC(C)(C)[Si](C)(C)OCCCCCCCCCCCCCCCCN. The average molecular weight is 372 g/mol. The van der Waals surface area contributed by atoms with Gasteiger partial charge in [0.1, 0.15) is 0 Å². The zero-order valence-corrected chi connectivity index (χ0v) is 19.3. The van der Waals surface area contributed by atoms with Crippen LogP contribution in [-0.4, -0.2) is 21.5 Å². The summed E-state index contributed by atoms with van der Waals surface area (Å²) < 4.78 is 6.24. The van der Waals surface area contributed by atoms with Crippen LogP contribution in [-0.2, 0) is 4.43 Å². The highest BCUT2D eigenvalue weighted by atomic mass is 28.4. The van der Waals surface area contributed by atoms with Crippen LogP contribution in [0.2, 0.25) is 18.1 Å². The van der Waals surface area contributed by atoms with Crippen LogP contribution in [0.4, 0.5) is 0 Å². The summed E-state index contributed by atoms with van der Waals surface area (Å²) in [6, 6.07) is 0. The normalized spacial score (nSPS) is 12.7. The second kappa shape index (κ2) is 15.2. The zero-order valence-electron chi connectivity index (χ0n) is 18.3. The highest BCUT2D eigenvalue weighted by Crippen LogP contribution is 2.36. The van der Waals surface area contributed by atoms with Crippen LogP contribution in [0.1, 0.15) is 111 Å². The first kappa shape index (κ1) is 25.1. The summed E-state index contributed by atoms with van der Waals surface area (Å²) in [6.45, 7) is 13.5. The van der Waals surface area contributed by atoms with Gasteiger partial charge < -0.3 is 10.2 Å². The molecule has 0 aromatic carbocycles. The fourth-order valence-electron chi connectivity index (χ4n) is 2.91. The molecule has 0 unspecified atom stereocenters. The van der Waals surface area contributed by atoms with Gasteiger partial charge in [-0.05, 0) is 37.5 Å². The van der Waals surface area contributed by atoms with Gasteiger partial charge in [-0.15, -0.1) is 0 Å². The maximum atomic E-state index is 6.24. The molecule has 0 bridgehead atoms. The van der Waals surface area contributed by atoms with Crippen molar-refractivity contribution >= 4 is 8.32 Å². The van der Waals surface area contributed by atoms with Crippen LogP contribution in [0.25, 0.3) is 0 Å². The predicted octanol–water partition coefficient (Wildman–Crippen LogP) is 7.43. The van der Waals surface area contributed by atoms with Gasteiger partial charge >= 0.3 is 0 Å². The second-order valence-corrected chi connectivity index (χ2v) is 14.2. The van der Waals surface area contributed by atoms with E-state index in [1.165, 1.54) is 89.9 Å². The van der Waals surface area contributed by atoms with Crippen LogP contribution in [0.5, 0.6) is 0 Å². The molecule has 0 aromatic rings. The van der Waals surface area contributed by atoms with Gasteiger partial charge in [-0.1, -0.05) is 97.8 Å².